The molecule has 0 N–H and O–H groups in total. The second-order valence-corrected chi connectivity index (χ2v) is 4.86. The number of ether oxygens (including phenoxy) is 2. The van der Waals surface area contributed by atoms with Crippen molar-refractivity contribution < 1.29 is 14.3 Å². The molecule has 1 fully saturated rings. The van der Waals surface area contributed by atoms with Crippen molar-refractivity contribution in [1.82, 2.24) is 4.90 Å². The smallest absolute Gasteiger partial charge is 0.310 e. The lowest BCUT2D eigenvalue weighted by Crippen LogP contribution is -2.40. The van der Waals surface area contributed by atoms with Gasteiger partial charge in [-0.3, -0.25) is 4.79 Å². The van der Waals surface area contributed by atoms with E-state index in [4.69, 9.17) is 9.47 Å². The summed E-state index contributed by atoms with van der Waals surface area (Å²) in [5.41, 5.74) is 0. The van der Waals surface area contributed by atoms with Gasteiger partial charge in [0.15, 0.2) is 0 Å². The molecule has 0 aromatic heterocycles. The molecule has 0 radical (unpaired) electrons. The summed E-state index contributed by atoms with van der Waals surface area (Å²) in [6, 6.07) is 0. The van der Waals surface area contributed by atoms with Gasteiger partial charge in [-0.05, 0) is 32.7 Å². The lowest BCUT2D eigenvalue weighted by Gasteiger charge is -2.31. The molecule has 1 aliphatic heterocycles. The zero-order valence-electron chi connectivity index (χ0n) is 11.8. The highest BCUT2D eigenvalue weighted by atomic mass is 16.5. The molecule has 18 heavy (non-hydrogen) atoms. The molecule has 0 saturated carbocycles. The number of nitrogens with zero attached hydrogens (tertiary/aromatic N) is 1. The molecule has 0 bridgehead atoms. The zero-order chi connectivity index (χ0) is 13.2. The van der Waals surface area contributed by atoms with E-state index in [1.165, 1.54) is 6.42 Å². The summed E-state index contributed by atoms with van der Waals surface area (Å²) in [6.45, 7) is 8.97. The topological polar surface area (TPSA) is 38.8 Å². The first kappa shape index (κ1) is 15.4. The third-order valence-electron chi connectivity index (χ3n) is 3.32. The van der Waals surface area contributed by atoms with E-state index in [-0.39, 0.29) is 11.9 Å². The molecule has 0 amide bonds. The maximum atomic E-state index is 11.7. The molecule has 0 aromatic rings. The van der Waals surface area contributed by atoms with Crippen LogP contribution < -0.4 is 0 Å². The van der Waals surface area contributed by atoms with E-state index in [0.29, 0.717) is 6.61 Å². The molecule has 1 aliphatic rings. The predicted octanol–water partition coefficient (Wildman–Crippen LogP) is 2.08. The van der Waals surface area contributed by atoms with E-state index in [9.17, 15) is 4.79 Å². The summed E-state index contributed by atoms with van der Waals surface area (Å²) in [7, 11) is 0. The molecule has 1 unspecified atom stereocenters. The average Bonchev–Trinajstić information content (AvgIpc) is 2.39. The fraction of sp³-hybridized carbons (Fsp3) is 0.929. The number of hydrogen-bond donors (Lipinski definition) is 0. The molecule has 1 rings (SSSR count). The van der Waals surface area contributed by atoms with Crippen LogP contribution in [0.3, 0.4) is 0 Å². The molecule has 0 aromatic carbocycles. The van der Waals surface area contributed by atoms with Gasteiger partial charge in [0.25, 0.3) is 0 Å². The quantitative estimate of drug-likeness (QED) is 0.493. The van der Waals surface area contributed by atoms with E-state index in [1.807, 2.05) is 6.92 Å². The Bertz CT molecular complexity index is 233. The van der Waals surface area contributed by atoms with Gasteiger partial charge in [0.1, 0.15) is 0 Å². The number of rotatable bonds is 8. The third kappa shape index (κ3) is 5.83. The Morgan fingerprint density at radius 2 is 2.17 bits per heavy atom. The molecule has 1 atom stereocenters. The monoisotopic (exact) mass is 257 g/mol. The van der Waals surface area contributed by atoms with Crippen molar-refractivity contribution in [2.75, 3.05) is 39.5 Å². The van der Waals surface area contributed by atoms with Crippen molar-refractivity contribution in [3.8, 4) is 0 Å². The van der Waals surface area contributed by atoms with E-state index in [1.54, 1.807) is 0 Å². The van der Waals surface area contributed by atoms with Crippen molar-refractivity contribution >= 4 is 5.97 Å². The molecular formula is C14H27NO3. The number of carbonyl (C=O) groups is 1. The lowest BCUT2D eigenvalue weighted by molar-refractivity contribution is -0.150. The normalized spacial score (nSPS) is 20.9. The summed E-state index contributed by atoms with van der Waals surface area (Å²) >= 11 is 0. The van der Waals surface area contributed by atoms with E-state index >= 15 is 0 Å². The number of piperidine rings is 1. The molecule has 1 saturated heterocycles. The number of esters is 1. The first-order chi connectivity index (χ1) is 8.77. The Labute approximate surface area is 111 Å². The number of likely N-dealkylation sites (tertiary alicyclic amines) is 1. The highest BCUT2D eigenvalue weighted by molar-refractivity contribution is 5.72. The highest BCUT2D eigenvalue weighted by Crippen LogP contribution is 2.17. The van der Waals surface area contributed by atoms with Crippen LogP contribution in [0.2, 0.25) is 0 Å². The van der Waals surface area contributed by atoms with Gasteiger partial charge in [-0.25, -0.2) is 0 Å². The Balaban J connectivity index is 2.16. The fourth-order valence-corrected chi connectivity index (χ4v) is 2.25. The summed E-state index contributed by atoms with van der Waals surface area (Å²) in [5.74, 6) is 0.0310. The lowest BCUT2D eigenvalue weighted by atomic mass is 9.98. The minimum atomic E-state index is -0.0332. The van der Waals surface area contributed by atoms with Gasteiger partial charge in [-0.1, -0.05) is 13.3 Å². The second kappa shape index (κ2) is 9.34. The van der Waals surface area contributed by atoms with Crippen molar-refractivity contribution in [2.45, 2.75) is 39.5 Å². The van der Waals surface area contributed by atoms with Crippen LogP contribution in [0.4, 0.5) is 0 Å². The van der Waals surface area contributed by atoms with Crippen LogP contribution in [0.15, 0.2) is 0 Å². The number of carbonyl (C=O) groups excluding carboxylic acids is 1. The van der Waals surface area contributed by atoms with Gasteiger partial charge in [-0.15, -0.1) is 0 Å². The first-order valence-electron chi connectivity index (χ1n) is 7.24. The van der Waals surface area contributed by atoms with E-state index < -0.39 is 0 Å². The molecule has 0 spiro atoms. The second-order valence-electron chi connectivity index (χ2n) is 4.86. The molecule has 1 heterocycles. The van der Waals surface area contributed by atoms with Crippen LogP contribution in [0.25, 0.3) is 0 Å². The molecular weight excluding hydrogens is 230 g/mol. The fourth-order valence-electron chi connectivity index (χ4n) is 2.25. The average molecular weight is 257 g/mol. The largest absolute Gasteiger partial charge is 0.466 e. The standard InChI is InChI=1S/C14H27NO3/c1-3-5-10-17-11-9-15-8-6-7-13(12-15)14(16)18-4-2/h13H,3-12H2,1-2H3. The van der Waals surface area contributed by atoms with Crippen LogP contribution in [-0.4, -0.2) is 50.3 Å². The molecule has 106 valence electrons. The summed E-state index contributed by atoms with van der Waals surface area (Å²) in [4.78, 5) is 14.0. The summed E-state index contributed by atoms with van der Waals surface area (Å²) < 4.78 is 10.7. The van der Waals surface area contributed by atoms with Crippen LogP contribution in [0.1, 0.15) is 39.5 Å². The summed E-state index contributed by atoms with van der Waals surface area (Å²) in [5, 5.41) is 0. The minimum Gasteiger partial charge on any atom is -0.466 e. The Morgan fingerprint density at radius 3 is 2.89 bits per heavy atom. The third-order valence-corrected chi connectivity index (χ3v) is 3.32. The van der Waals surface area contributed by atoms with Gasteiger partial charge in [0, 0.05) is 19.7 Å². The minimum absolute atomic E-state index is 0.0332. The molecule has 0 aliphatic carbocycles. The Morgan fingerprint density at radius 1 is 1.33 bits per heavy atom. The molecule has 4 nitrogen and oxygen atoms in total. The van der Waals surface area contributed by atoms with Crippen molar-refractivity contribution in [3.63, 3.8) is 0 Å². The maximum Gasteiger partial charge on any atom is 0.310 e. The van der Waals surface area contributed by atoms with Gasteiger partial charge >= 0.3 is 5.97 Å². The Hall–Kier alpha value is -0.610. The van der Waals surface area contributed by atoms with Crippen molar-refractivity contribution in [1.29, 1.82) is 0 Å². The Kier molecular flexibility index (Phi) is 8.01. The first-order valence-corrected chi connectivity index (χ1v) is 7.24. The number of hydrogen-bond acceptors (Lipinski definition) is 4. The SMILES string of the molecule is CCCCOCCN1CCCC(C(=O)OCC)C1. The van der Waals surface area contributed by atoms with E-state index in [0.717, 1.165) is 52.1 Å². The van der Waals surface area contributed by atoms with Gasteiger partial charge in [0.2, 0.25) is 0 Å². The van der Waals surface area contributed by atoms with Gasteiger partial charge in [0.05, 0.1) is 19.1 Å². The van der Waals surface area contributed by atoms with Crippen LogP contribution in [0, 0.1) is 5.92 Å². The van der Waals surface area contributed by atoms with Gasteiger partial charge < -0.3 is 14.4 Å². The highest BCUT2D eigenvalue weighted by Gasteiger charge is 2.26. The van der Waals surface area contributed by atoms with Crippen molar-refractivity contribution in [3.05, 3.63) is 0 Å². The van der Waals surface area contributed by atoms with Crippen molar-refractivity contribution in [2.24, 2.45) is 5.92 Å². The van der Waals surface area contributed by atoms with E-state index in [2.05, 4.69) is 11.8 Å². The maximum absolute atomic E-state index is 11.7. The van der Waals surface area contributed by atoms with Crippen LogP contribution in [0.5, 0.6) is 0 Å². The van der Waals surface area contributed by atoms with Crippen LogP contribution in [-0.2, 0) is 14.3 Å². The zero-order valence-corrected chi connectivity index (χ0v) is 11.8. The molecule has 4 heteroatoms. The predicted molar refractivity (Wildman–Crippen MR) is 71.5 cm³/mol. The van der Waals surface area contributed by atoms with Crippen LogP contribution >= 0.6 is 0 Å². The van der Waals surface area contributed by atoms with Gasteiger partial charge in [-0.2, -0.15) is 0 Å². The summed E-state index contributed by atoms with van der Waals surface area (Å²) in [6.07, 6.45) is 4.35. The number of unbranched alkanes of at least 4 members (excludes halogenated alkanes) is 1.